The Balaban J connectivity index is 2.33. The van der Waals surface area contributed by atoms with E-state index >= 15 is 0 Å². The van der Waals surface area contributed by atoms with Crippen LogP contribution >= 0.6 is 11.3 Å². The molecule has 0 aliphatic carbocycles. The molecule has 0 amide bonds. The van der Waals surface area contributed by atoms with Crippen molar-refractivity contribution in [2.24, 2.45) is 5.92 Å². The monoisotopic (exact) mass is 268 g/mol. The van der Waals surface area contributed by atoms with E-state index in [1.54, 1.807) is 0 Å². The Morgan fingerprint density at radius 1 is 1.50 bits per heavy atom. The Morgan fingerprint density at radius 3 is 2.83 bits per heavy atom. The van der Waals surface area contributed by atoms with Crippen LogP contribution in [0, 0.1) is 19.8 Å². The van der Waals surface area contributed by atoms with Crippen LogP contribution in [0.1, 0.15) is 42.3 Å². The van der Waals surface area contributed by atoms with Gasteiger partial charge in [-0.1, -0.05) is 13.8 Å². The number of rotatable bonds is 4. The minimum absolute atomic E-state index is 0.0257. The van der Waals surface area contributed by atoms with Crippen LogP contribution in [0.5, 0.6) is 0 Å². The van der Waals surface area contributed by atoms with Gasteiger partial charge in [-0.15, -0.1) is 11.3 Å². The standard InChI is InChI=1S/C14H24N2OS/c1-5-7-15-14(6-8-17-9-10(14)2)13-16-11(3)12(4)18-13/h10,15H,5-9H2,1-4H3. The highest BCUT2D eigenvalue weighted by Crippen LogP contribution is 2.39. The van der Waals surface area contributed by atoms with Gasteiger partial charge in [0.05, 0.1) is 17.8 Å². The van der Waals surface area contributed by atoms with E-state index in [4.69, 9.17) is 9.72 Å². The second kappa shape index (κ2) is 5.68. The lowest BCUT2D eigenvalue weighted by molar-refractivity contribution is -0.00910. The summed E-state index contributed by atoms with van der Waals surface area (Å²) in [5.74, 6) is 0.475. The summed E-state index contributed by atoms with van der Waals surface area (Å²) in [6.45, 7) is 11.5. The van der Waals surface area contributed by atoms with Gasteiger partial charge in [-0.2, -0.15) is 0 Å². The molecule has 0 aromatic carbocycles. The first-order valence-corrected chi connectivity index (χ1v) is 7.69. The van der Waals surface area contributed by atoms with Gasteiger partial charge in [0.2, 0.25) is 0 Å². The predicted molar refractivity (Wildman–Crippen MR) is 76.2 cm³/mol. The number of aryl methyl sites for hydroxylation is 2. The highest BCUT2D eigenvalue weighted by Gasteiger charge is 2.42. The summed E-state index contributed by atoms with van der Waals surface area (Å²) in [6, 6.07) is 0. The molecule has 1 aromatic rings. The first-order chi connectivity index (χ1) is 8.60. The molecule has 1 saturated heterocycles. The van der Waals surface area contributed by atoms with Crippen LogP contribution < -0.4 is 5.32 Å². The predicted octanol–water partition coefficient (Wildman–Crippen LogP) is 3.01. The summed E-state index contributed by atoms with van der Waals surface area (Å²) in [5.41, 5.74) is 1.20. The maximum Gasteiger partial charge on any atom is 0.114 e. The lowest BCUT2D eigenvalue weighted by atomic mass is 9.81. The van der Waals surface area contributed by atoms with Gasteiger partial charge in [0.1, 0.15) is 5.01 Å². The maximum absolute atomic E-state index is 5.61. The van der Waals surface area contributed by atoms with Crippen molar-refractivity contribution in [1.29, 1.82) is 0 Å². The third-order valence-corrected chi connectivity index (χ3v) is 5.20. The maximum atomic E-state index is 5.61. The van der Waals surface area contributed by atoms with Crippen LogP contribution in [0.3, 0.4) is 0 Å². The van der Waals surface area contributed by atoms with Crippen molar-refractivity contribution in [2.45, 2.75) is 46.1 Å². The number of aromatic nitrogens is 1. The van der Waals surface area contributed by atoms with Gasteiger partial charge in [0.15, 0.2) is 0 Å². The molecule has 18 heavy (non-hydrogen) atoms. The van der Waals surface area contributed by atoms with Crippen molar-refractivity contribution < 1.29 is 4.74 Å². The van der Waals surface area contributed by atoms with Gasteiger partial charge in [0.25, 0.3) is 0 Å². The second-order valence-corrected chi connectivity index (χ2v) is 6.49. The number of hydrogen-bond acceptors (Lipinski definition) is 4. The van der Waals surface area contributed by atoms with Crippen molar-refractivity contribution >= 4 is 11.3 Å². The lowest BCUT2D eigenvalue weighted by Gasteiger charge is -2.42. The number of nitrogens with one attached hydrogen (secondary N) is 1. The van der Waals surface area contributed by atoms with Gasteiger partial charge in [-0.3, -0.25) is 0 Å². The quantitative estimate of drug-likeness (QED) is 0.911. The molecule has 2 rings (SSSR count). The van der Waals surface area contributed by atoms with Crippen molar-refractivity contribution in [3.8, 4) is 0 Å². The molecule has 2 atom stereocenters. The van der Waals surface area contributed by atoms with Crippen molar-refractivity contribution in [3.63, 3.8) is 0 Å². The molecule has 0 saturated carbocycles. The Morgan fingerprint density at radius 2 is 2.28 bits per heavy atom. The minimum atomic E-state index is 0.0257. The molecule has 1 fully saturated rings. The fraction of sp³-hybridized carbons (Fsp3) is 0.786. The van der Waals surface area contributed by atoms with Gasteiger partial charge in [-0.25, -0.2) is 4.98 Å². The topological polar surface area (TPSA) is 34.2 Å². The fourth-order valence-electron chi connectivity index (χ4n) is 2.55. The number of hydrogen-bond donors (Lipinski definition) is 1. The second-order valence-electron chi connectivity index (χ2n) is 5.28. The number of nitrogens with zero attached hydrogens (tertiary/aromatic N) is 1. The molecule has 3 nitrogen and oxygen atoms in total. The number of ether oxygens (including phenoxy) is 1. The molecular weight excluding hydrogens is 244 g/mol. The Kier molecular flexibility index (Phi) is 4.41. The number of thiazole rings is 1. The molecule has 1 aromatic heterocycles. The average Bonchev–Trinajstić information content (AvgIpc) is 2.69. The van der Waals surface area contributed by atoms with Crippen LogP contribution in [0.25, 0.3) is 0 Å². The highest BCUT2D eigenvalue weighted by atomic mass is 32.1. The Labute approximate surface area is 114 Å². The van der Waals surface area contributed by atoms with Crippen molar-refractivity contribution in [1.82, 2.24) is 10.3 Å². The smallest absolute Gasteiger partial charge is 0.114 e. The summed E-state index contributed by atoms with van der Waals surface area (Å²) in [4.78, 5) is 6.14. The van der Waals surface area contributed by atoms with E-state index in [9.17, 15) is 0 Å². The zero-order valence-electron chi connectivity index (χ0n) is 11.9. The van der Waals surface area contributed by atoms with Gasteiger partial charge in [-0.05, 0) is 33.2 Å². The van der Waals surface area contributed by atoms with Crippen molar-refractivity contribution in [3.05, 3.63) is 15.6 Å². The van der Waals surface area contributed by atoms with Crippen LogP contribution in [-0.4, -0.2) is 24.7 Å². The van der Waals surface area contributed by atoms with Crippen molar-refractivity contribution in [2.75, 3.05) is 19.8 Å². The van der Waals surface area contributed by atoms with E-state index in [-0.39, 0.29) is 5.54 Å². The summed E-state index contributed by atoms with van der Waals surface area (Å²) in [7, 11) is 0. The molecule has 1 aliphatic rings. The van der Waals surface area contributed by atoms with Crippen LogP contribution in [0.2, 0.25) is 0 Å². The first-order valence-electron chi connectivity index (χ1n) is 6.87. The zero-order valence-corrected chi connectivity index (χ0v) is 12.7. The molecule has 0 bridgehead atoms. The molecule has 1 aliphatic heterocycles. The Hall–Kier alpha value is -0.450. The fourth-order valence-corrected chi connectivity index (χ4v) is 3.77. The minimum Gasteiger partial charge on any atom is -0.381 e. The SMILES string of the molecule is CCCNC1(c2nc(C)c(C)s2)CCOCC1C. The van der Waals surface area contributed by atoms with Gasteiger partial charge in [0, 0.05) is 17.4 Å². The molecular formula is C14H24N2OS. The molecule has 0 spiro atoms. The molecule has 0 radical (unpaired) electrons. The Bertz CT molecular complexity index is 385. The molecule has 2 heterocycles. The van der Waals surface area contributed by atoms with E-state index in [1.165, 1.54) is 15.6 Å². The first kappa shape index (κ1) is 14.0. The third kappa shape index (κ3) is 2.46. The third-order valence-electron chi connectivity index (χ3n) is 3.95. The van der Waals surface area contributed by atoms with E-state index in [0.717, 1.165) is 32.6 Å². The average molecular weight is 268 g/mol. The lowest BCUT2D eigenvalue weighted by Crippen LogP contribution is -2.52. The summed E-state index contributed by atoms with van der Waals surface area (Å²) >= 11 is 1.84. The van der Waals surface area contributed by atoms with Crippen LogP contribution in [0.15, 0.2) is 0 Å². The van der Waals surface area contributed by atoms with Gasteiger partial charge >= 0.3 is 0 Å². The van der Waals surface area contributed by atoms with E-state index in [0.29, 0.717) is 5.92 Å². The zero-order chi connectivity index (χ0) is 13.2. The van der Waals surface area contributed by atoms with Crippen LogP contribution in [0.4, 0.5) is 0 Å². The van der Waals surface area contributed by atoms with E-state index in [1.807, 2.05) is 11.3 Å². The summed E-state index contributed by atoms with van der Waals surface area (Å²) in [6.07, 6.45) is 2.18. The molecule has 1 N–H and O–H groups in total. The van der Waals surface area contributed by atoms with Crippen LogP contribution in [-0.2, 0) is 10.3 Å². The normalized spacial score (nSPS) is 28.6. The van der Waals surface area contributed by atoms with Gasteiger partial charge < -0.3 is 10.1 Å². The molecule has 2 unspecified atom stereocenters. The van der Waals surface area contributed by atoms with E-state index in [2.05, 4.69) is 33.0 Å². The summed E-state index contributed by atoms with van der Waals surface area (Å²) < 4.78 is 5.61. The highest BCUT2D eigenvalue weighted by molar-refractivity contribution is 7.11. The van der Waals surface area contributed by atoms with E-state index < -0.39 is 0 Å². The summed E-state index contributed by atoms with van der Waals surface area (Å²) in [5, 5.41) is 5.01. The largest absolute Gasteiger partial charge is 0.381 e. The molecule has 4 heteroatoms. The molecule has 102 valence electrons.